The Balaban J connectivity index is 1.75. The minimum atomic E-state index is -1.69. The summed E-state index contributed by atoms with van der Waals surface area (Å²) < 4.78 is 41.4. The largest absolute Gasteiger partial charge is 0.319 e. The Hall–Kier alpha value is -2.68. The molecule has 0 atom stereocenters. The zero-order valence-electron chi connectivity index (χ0n) is 13.3. The minimum absolute atomic E-state index is 0.294. The van der Waals surface area contributed by atoms with Gasteiger partial charge in [-0.15, -0.1) is 11.3 Å². The molecule has 0 saturated heterocycles. The Kier molecular flexibility index (Phi) is 4.03. The highest BCUT2D eigenvalue weighted by Crippen LogP contribution is 2.28. The summed E-state index contributed by atoms with van der Waals surface area (Å²) >= 11 is 1.41. The van der Waals surface area contributed by atoms with Gasteiger partial charge in [0.1, 0.15) is 5.56 Å². The highest BCUT2D eigenvalue weighted by atomic mass is 32.1. The number of hydrogen-bond donors (Lipinski definition) is 1. The van der Waals surface area contributed by atoms with Gasteiger partial charge in [0.15, 0.2) is 22.4 Å². The van der Waals surface area contributed by atoms with Crippen molar-refractivity contribution in [1.29, 1.82) is 0 Å². The number of rotatable bonds is 2. The summed E-state index contributed by atoms with van der Waals surface area (Å²) in [4.78, 5) is 30.8. The summed E-state index contributed by atoms with van der Waals surface area (Å²) in [6, 6.07) is 1.58. The van der Waals surface area contributed by atoms with E-state index in [-0.39, 0.29) is 5.56 Å². The molecule has 4 rings (SSSR count). The van der Waals surface area contributed by atoms with Crippen molar-refractivity contribution in [1.82, 2.24) is 9.38 Å². The van der Waals surface area contributed by atoms with Gasteiger partial charge in [-0.3, -0.25) is 14.0 Å². The SMILES string of the molecule is O=C(Nc1ccc(F)c(F)c1F)c1cnc2sc3c(n2c1=O)CCCC3. The molecule has 1 N–H and O–H groups in total. The quantitative estimate of drug-likeness (QED) is 0.695. The molecule has 2 aromatic heterocycles. The van der Waals surface area contributed by atoms with E-state index in [0.717, 1.165) is 48.5 Å². The van der Waals surface area contributed by atoms with E-state index in [1.54, 1.807) is 0 Å². The zero-order valence-corrected chi connectivity index (χ0v) is 14.1. The van der Waals surface area contributed by atoms with Crippen LogP contribution in [-0.2, 0) is 12.8 Å². The lowest BCUT2D eigenvalue weighted by Crippen LogP contribution is -2.28. The lowest BCUT2D eigenvalue weighted by molar-refractivity contribution is 0.102. The Bertz CT molecular complexity index is 1110. The first-order valence-electron chi connectivity index (χ1n) is 7.94. The second-order valence-corrected chi connectivity index (χ2v) is 7.01. The molecule has 0 aliphatic heterocycles. The van der Waals surface area contributed by atoms with E-state index in [9.17, 15) is 22.8 Å². The van der Waals surface area contributed by atoms with Gasteiger partial charge < -0.3 is 5.32 Å². The number of benzene rings is 1. The molecule has 1 aromatic carbocycles. The molecule has 0 saturated carbocycles. The molecule has 5 nitrogen and oxygen atoms in total. The summed E-state index contributed by atoms with van der Waals surface area (Å²) in [5, 5.41) is 2.10. The summed E-state index contributed by atoms with van der Waals surface area (Å²) in [5.41, 5.74) is -0.555. The summed E-state index contributed by atoms with van der Waals surface area (Å²) in [5.74, 6) is -5.52. The average molecular weight is 379 g/mol. The van der Waals surface area contributed by atoms with E-state index in [1.165, 1.54) is 15.7 Å². The summed E-state index contributed by atoms with van der Waals surface area (Å²) in [6.07, 6.45) is 4.69. The van der Waals surface area contributed by atoms with Crippen LogP contribution in [0.2, 0.25) is 0 Å². The van der Waals surface area contributed by atoms with Crippen LogP contribution in [0.25, 0.3) is 4.96 Å². The fourth-order valence-corrected chi connectivity index (χ4v) is 4.20. The zero-order chi connectivity index (χ0) is 18.4. The fraction of sp³-hybridized carbons (Fsp3) is 0.235. The smallest absolute Gasteiger partial charge is 0.271 e. The van der Waals surface area contributed by atoms with E-state index in [1.807, 2.05) is 0 Å². The second-order valence-electron chi connectivity index (χ2n) is 5.95. The van der Waals surface area contributed by atoms with Crippen molar-refractivity contribution in [2.75, 3.05) is 5.32 Å². The van der Waals surface area contributed by atoms with Gasteiger partial charge >= 0.3 is 0 Å². The standard InChI is InChI=1S/C17H12F3N3O2S/c18-9-5-6-10(14(20)13(9)19)22-15(24)8-7-21-17-23(16(8)25)11-3-1-2-4-12(11)26-17/h5-7H,1-4H2,(H,22,24). The first-order chi connectivity index (χ1) is 12.5. The van der Waals surface area contributed by atoms with E-state index < -0.39 is 34.6 Å². The van der Waals surface area contributed by atoms with E-state index in [0.29, 0.717) is 11.0 Å². The molecule has 9 heteroatoms. The molecule has 0 bridgehead atoms. The van der Waals surface area contributed by atoms with Gasteiger partial charge in [-0.1, -0.05) is 0 Å². The van der Waals surface area contributed by atoms with Gasteiger partial charge in [-0.25, -0.2) is 18.2 Å². The predicted molar refractivity (Wildman–Crippen MR) is 90.3 cm³/mol. The highest BCUT2D eigenvalue weighted by Gasteiger charge is 2.22. The molecular weight excluding hydrogens is 367 g/mol. The normalized spacial score (nSPS) is 13.7. The van der Waals surface area contributed by atoms with Crippen LogP contribution < -0.4 is 10.9 Å². The first-order valence-corrected chi connectivity index (χ1v) is 8.76. The van der Waals surface area contributed by atoms with Crippen LogP contribution in [0.3, 0.4) is 0 Å². The maximum absolute atomic E-state index is 13.7. The van der Waals surface area contributed by atoms with Crippen molar-refractivity contribution in [3.63, 3.8) is 0 Å². The van der Waals surface area contributed by atoms with Gasteiger partial charge in [0.25, 0.3) is 11.5 Å². The van der Waals surface area contributed by atoms with E-state index >= 15 is 0 Å². The Morgan fingerprint density at radius 2 is 1.92 bits per heavy atom. The number of nitrogens with one attached hydrogen (secondary N) is 1. The van der Waals surface area contributed by atoms with Crippen LogP contribution in [0.4, 0.5) is 18.9 Å². The van der Waals surface area contributed by atoms with Gasteiger partial charge in [-0.05, 0) is 37.8 Å². The number of hydrogen-bond acceptors (Lipinski definition) is 4. The lowest BCUT2D eigenvalue weighted by Gasteiger charge is -2.11. The molecule has 1 aliphatic rings. The van der Waals surface area contributed by atoms with Crippen LogP contribution in [0.15, 0.2) is 23.1 Å². The number of amides is 1. The van der Waals surface area contributed by atoms with Gasteiger partial charge in [0, 0.05) is 16.8 Å². The number of anilines is 1. The Morgan fingerprint density at radius 1 is 1.15 bits per heavy atom. The van der Waals surface area contributed by atoms with Crippen LogP contribution in [-0.4, -0.2) is 15.3 Å². The average Bonchev–Trinajstić information content (AvgIpc) is 3.01. The van der Waals surface area contributed by atoms with Crippen molar-refractivity contribution in [2.24, 2.45) is 0 Å². The van der Waals surface area contributed by atoms with Crippen molar-refractivity contribution in [2.45, 2.75) is 25.7 Å². The van der Waals surface area contributed by atoms with Gasteiger partial charge in [-0.2, -0.15) is 0 Å². The third-order valence-corrected chi connectivity index (χ3v) is 5.49. The summed E-state index contributed by atoms with van der Waals surface area (Å²) in [6.45, 7) is 0. The van der Waals surface area contributed by atoms with E-state index in [2.05, 4.69) is 10.3 Å². The van der Waals surface area contributed by atoms with E-state index in [4.69, 9.17) is 0 Å². The lowest BCUT2D eigenvalue weighted by atomic mass is 10.0. The van der Waals surface area contributed by atoms with Crippen LogP contribution in [0.1, 0.15) is 33.8 Å². The highest BCUT2D eigenvalue weighted by molar-refractivity contribution is 7.17. The molecule has 26 heavy (non-hydrogen) atoms. The number of aromatic nitrogens is 2. The number of nitrogens with zero attached hydrogens (tertiary/aromatic N) is 2. The van der Waals surface area contributed by atoms with Crippen molar-refractivity contribution in [3.8, 4) is 0 Å². The van der Waals surface area contributed by atoms with Crippen molar-refractivity contribution in [3.05, 3.63) is 62.3 Å². The molecule has 0 spiro atoms. The molecule has 0 unspecified atom stereocenters. The van der Waals surface area contributed by atoms with Gasteiger partial charge in [0.05, 0.1) is 5.69 Å². The predicted octanol–water partition coefficient (Wildman–Crippen LogP) is 3.30. The maximum Gasteiger partial charge on any atom is 0.271 e. The third kappa shape index (κ3) is 2.59. The number of thiazole rings is 1. The fourth-order valence-electron chi connectivity index (χ4n) is 3.04. The molecule has 0 radical (unpaired) electrons. The molecular formula is C17H12F3N3O2S. The number of fused-ring (bicyclic) bond motifs is 3. The van der Waals surface area contributed by atoms with Gasteiger partial charge in [0.2, 0.25) is 0 Å². The Labute approximate surface area is 149 Å². The minimum Gasteiger partial charge on any atom is -0.319 e. The Morgan fingerprint density at radius 3 is 2.73 bits per heavy atom. The molecule has 1 amide bonds. The van der Waals surface area contributed by atoms with Crippen LogP contribution in [0, 0.1) is 17.5 Å². The monoisotopic (exact) mass is 379 g/mol. The molecule has 1 aliphatic carbocycles. The number of halogens is 3. The first kappa shape index (κ1) is 16.8. The molecule has 134 valence electrons. The number of carbonyl (C=O) groups is 1. The molecule has 2 heterocycles. The number of carbonyl (C=O) groups excluding carboxylic acids is 1. The number of aryl methyl sites for hydroxylation is 2. The maximum atomic E-state index is 13.7. The third-order valence-electron chi connectivity index (χ3n) is 4.33. The van der Waals surface area contributed by atoms with Crippen LogP contribution >= 0.6 is 11.3 Å². The topological polar surface area (TPSA) is 63.5 Å². The molecule has 3 aromatic rings. The van der Waals surface area contributed by atoms with Crippen molar-refractivity contribution < 1.29 is 18.0 Å². The van der Waals surface area contributed by atoms with Crippen molar-refractivity contribution >= 4 is 27.9 Å². The summed E-state index contributed by atoms with van der Waals surface area (Å²) in [7, 11) is 0. The molecule has 0 fully saturated rings. The van der Waals surface area contributed by atoms with Crippen LogP contribution in [0.5, 0.6) is 0 Å². The second kappa shape index (κ2) is 6.24.